The molecule has 3 heteroatoms. The Morgan fingerprint density at radius 2 is 1.56 bits per heavy atom. The van der Waals surface area contributed by atoms with Crippen molar-refractivity contribution in [3.05, 3.63) is 0 Å². The van der Waals surface area contributed by atoms with Crippen LogP contribution < -0.4 is 0 Å². The molecule has 4 unspecified atom stereocenters. The average Bonchev–Trinajstić information content (AvgIpc) is 2.73. The van der Waals surface area contributed by atoms with Crippen LogP contribution in [-0.4, -0.2) is 48.1 Å². The summed E-state index contributed by atoms with van der Waals surface area (Å²) in [5.41, 5.74) is 0. The first-order valence-electron chi connectivity index (χ1n) is 7.90. The van der Waals surface area contributed by atoms with Gasteiger partial charge in [0.05, 0.1) is 0 Å². The van der Waals surface area contributed by atoms with E-state index in [1.807, 2.05) is 0 Å². The number of rotatable bonds is 0. The molecule has 0 bridgehead atoms. The summed E-state index contributed by atoms with van der Waals surface area (Å²) in [5.74, 6) is 2.09. The van der Waals surface area contributed by atoms with Crippen molar-refractivity contribution in [2.45, 2.75) is 57.0 Å². The fourth-order valence-electron chi connectivity index (χ4n) is 5.19. The van der Waals surface area contributed by atoms with Gasteiger partial charge in [-0.1, -0.05) is 12.8 Å². The molecule has 0 aromatic heterocycles. The molecule has 2 nitrogen and oxygen atoms in total. The van der Waals surface area contributed by atoms with E-state index in [-0.39, 0.29) is 24.0 Å². The third-order valence-electron chi connectivity index (χ3n) is 6.00. The van der Waals surface area contributed by atoms with Crippen LogP contribution in [0.15, 0.2) is 0 Å². The molecular formula is C15H27IN2. The first-order chi connectivity index (χ1) is 8.42. The Balaban J connectivity index is 0.000001000. The molecule has 18 heavy (non-hydrogen) atoms. The number of halogens is 1. The van der Waals surface area contributed by atoms with Gasteiger partial charge in [-0.3, -0.25) is 4.90 Å². The zero-order valence-electron chi connectivity index (χ0n) is 11.4. The van der Waals surface area contributed by atoms with Crippen molar-refractivity contribution in [2.24, 2.45) is 11.8 Å². The molecule has 0 spiro atoms. The highest BCUT2D eigenvalue weighted by Gasteiger charge is 2.47. The largest absolute Gasteiger partial charge is 0.300 e. The topological polar surface area (TPSA) is 6.48 Å². The van der Waals surface area contributed by atoms with E-state index in [9.17, 15) is 0 Å². The summed E-state index contributed by atoms with van der Waals surface area (Å²) >= 11 is 0. The van der Waals surface area contributed by atoms with Crippen molar-refractivity contribution in [3.63, 3.8) is 0 Å². The monoisotopic (exact) mass is 362 g/mol. The lowest BCUT2D eigenvalue weighted by Crippen LogP contribution is -2.51. The quantitative estimate of drug-likeness (QED) is 0.612. The minimum atomic E-state index is 0. The molecule has 4 aliphatic rings. The summed E-state index contributed by atoms with van der Waals surface area (Å²) in [7, 11) is 0. The van der Waals surface area contributed by atoms with Gasteiger partial charge >= 0.3 is 0 Å². The predicted molar refractivity (Wildman–Crippen MR) is 85.4 cm³/mol. The molecule has 4 heterocycles. The van der Waals surface area contributed by atoms with Crippen LogP contribution in [0.4, 0.5) is 0 Å². The highest BCUT2D eigenvalue weighted by Crippen LogP contribution is 2.43. The van der Waals surface area contributed by atoms with Crippen LogP contribution in [-0.2, 0) is 0 Å². The lowest BCUT2D eigenvalue weighted by atomic mass is 9.77. The fraction of sp³-hybridized carbons (Fsp3) is 1.00. The van der Waals surface area contributed by atoms with Gasteiger partial charge in [0.2, 0.25) is 0 Å². The number of nitrogens with zero attached hydrogens (tertiary/aromatic N) is 2. The van der Waals surface area contributed by atoms with Gasteiger partial charge in [0.15, 0.2) is 0 Å². The standard InChI is InChI=1S/C15H26N2.HI/c1-3-7-16-11-14-12(9-13(16)5-1)10-17-8-4-2-6-15(14)17;/h12-15H,1-11H2;1H. The minimum Gasteiger partial charge on any atom is -0.300 e. The zero-order valence-corrected chi connectivity index (χ0v) is 13.7. The number of piperidine rings is 3. The van der Waals surface area contributed by atoms with Gasteiger partial charge < -0.3 is 4.90 Å². The molecule has 0 saturated carbocycles. The molecule has 4 saturated heterocycles. The molecule has 0 amide bonds. The first-order valence-corrected chi connectivity index (χ1v) is 7.90. The van der Waals surface area contributed by atoms with Crippen LogP contribution in [0.1, 0.15) is 44.9 Å². The van der Waals surface area contributed by atoms with E-state index in [1.165, 1.54) is 71.1 Å². The molecule has 0 N–H and O–H groups in total. The summed E-state index contributed by atoms with van der Waals surface area (Å²) in [4.78, 5) is 5.69. The van der Waals surface area contributed by atoms with Crippen LogP contribution >= 0.6 is 24.0 Å². The molecule has 4 rings (SSSR count). The Kier molecular flexibility index (Phi) is 4.21. The van der Waals surface area contributed by atoms with Gasteiger partial charge in [-0.25, -0.2) is 0 Å². The van der Waals surface area contributed by atoms with Crippen LogP contribution in [0.2, 0.25) is 0 Å². The fourth-order valence-corrected chi connectivity index (χ4v) is 5.19. The van der Waals surface area contributed by atoms with Gasteiger partial charge in [0.1, 0.15) is 0 Å². The third kappa shape index (κ3) is 2.24. The Bertz CT molecular complexity index is 294. The van der Waals surface area contributed by atoms with E-state index in [4.69, 9.17) is 0 Å². The van der Waals surface area contributed by atoms with Crippen molar-refractivity contribution in [1.29, 1.82) is 0 Å². The number of hydrogen-bond acceptors (Lipinski definition) is 2. The smallest absolute Gasteiger partial charge is 0.0139 e. The van der Waals surface area contributed by atoms with E-state index in [0.717, 1.165) is 23.9 Å². The van der Waals surface area contributed by atoms with Crippen molar-refractivity contribution in [3.8, 4) is 0 Å². The normalized spacial score (nSPS) is 44.7. The highest BCUT2D eigenvalue weighted by molar-refractivity contribution is 14.0. The van der Waals surface area contributed by atoms with Crippen LogP contribution in [0.3, 0.4) is 0 Å². The molecule has 0 aromatic rings. The maximum absolute atomic E-state index is 2.85. The van der Waals surface area contributed by atoms with Gasteiger partial charge in [0, 0.05) is 25.2 Å². The lowest BCUT2D eigenvalue weighted by molar-refractivity contribution is 0.0418. The Morgan fingerprint density at radius 3 is 2.44 bits per heavy atom. The second-order valence-electron chi connectivity index (χ2n) is 6.86. The Hall–Kier alpha value is 0.650. The second-order valence-corrected chi connectivity index (χ2v) is 6.86. The summed E-state index contributed by atoms with van der Waals surface area (Å²) in [5, 5.41) is 0. The maximum atomic E-state index is 2.85. The molecule has 104 valence electrons. The molecule has 4 aliphatic heterocycles. The summed E-state index contributed by atoms with van der Waals surface area (Å²) in [6.45, 7) is 5.69. The van der Waals surface area contributed by atoms with Gasteiger partial charge in [-0.05, 0) is 57.0 Å². The van der Waals surface area contributed by atoms with E-state index < -0.39 is 0 Å². The molecule has 4 atom stereocenters. The Labute approximate surface area is 128 Å². The van der Waals surface area contributed by atoms with Gasteiger partial charge in [-0.2, -0.15) is 0 Å². The molecular weight excluding hydrogens is 335 g/mol. The minimum absolute atomic E-state index is 0. The Morgan fingerprint density at radius 1 is 0.778 bits per heavy atom. The van der Waals surface area contributed by atoms with E-state index >= 15 is 0 Å². The maximum Gasteiger partial charge on any atom is 0.0139 e. The van der Waals surface area contributed by atoms with Crippen LogP contribution in [0.25, 0.3) is 0 Å². The van der Waals surface area contributed by atoms with Crippen molar-refractivity contribution in [1.82, 2.24) is 9.80 Å². The zero-order chi connectivity index (χ0) is 11.2. The molecule has 4 fully saturated rings. The van der Waals surface area contributed by atoms with Crippen LogP contribution in [0, 0.1) is 11.8 Å². The highest BCUT2D eigenvalue weighted by atomic mass is 127. The van der Waals surface area contributed by atoms with Crippen LogP contribution in [0.5, 0.6) is 0 Å². The van der Waals surface area contributed by atoms with E-state index in [1.54, 1.807) is 0 Å². The predicted octanol–water partition coefficient (Wildman–Crippen LogP) is 2.96. The number of hydrogen-bond donors (Lipinski definition) is 0. The number of fused-ring (bicyclic) bond motifs is 4. The molecule has 0 aromatic carbocycles. The lowest BCUT2D eigenvalue weighted by Gasteiger charge is -2.45. The van der Waals surface area contributed by atoms with Gasteiger partial charge in [0.25, 0.3) is 0 Å². The summed E-state index contributed by atoms with van der Waals surface area (Å²) in [6.07, 6.45) is 10.4. The van der Waals surface area contributed by atoms with Crippen molar-refractivity contribution >= 4 is 24.0 Å². The molecule has 0 radical (unpaired) electrons. The SMILES string of the molecule is C1CCN2CC3C(CC2C1)CN1CCCCC31.I. The van der Waals surface area contributed by atoms with E-state index in [0.29, 0.717) is 0 Å². The summed E-state index contributed by atoms with van der Waals surface area (Å²) < 4.78 is 0. The second kappa shape index (κ2) is 5.57. The molecule has 0 aliphatic carbocycles. The van der Waals surface area contributed by atoms with Gasteiger partial charge in [-0.15, -0.1) is 24.0 Å². The average molecular weight is 362 g/mol. The van der Waals surface area contributed by atoms with Crippen molar-refractivity contribution in [2.75, 3.05) is 26.2 Å². The first kappa shape index (κ1) is 13.6. The van der Waals surface area contributed by atoms with E-state index in [2.05, 4.69) is 9.80 Å². The van der Waals surface area contributed by atoms with Crippen molar-refractivity contribution < 1.29 is 0 Å². The summed E-state index contributed by atoms with van der Waals surface area (Å²) in [6, 6.07) is 1.93. The third-order valence-corrected chi connectivity index (χ3v) is 6.00.